The molecule has 1 amide bonds. The van der Waals surface area contributed by atoms with Gasteiger partial charge in [-0.05, 0) is 0 Å². The SMILES string of the molecule is C#[P+]Cn1c(=O)[nH]c2c(NC(=O)CC)nc(OC)nc21. The Hall–Kier alpha value is -2.17. The van der Waals surface area contributed by atoms with Crippen molar-refractivity contribution in [3.8, 4) is 12.1 Å². The van der Waals surface area contributed by atoms with E-state index in [9.17, 15) is 9.59 Å². The monoisotopic (exact) mass is 294 g/mol. The van der Waals surface area contributed by atoms with Crippen molar-refractivity contribution in [2.45, 2.75) is 19.6 Å². The van der Waals surface area contributed by atoms with Crippen LogP contribution in [-0.2, 0) is 11.1 Å². The van der Waals surface area contributed by atoms with Gasteiger partial charge in [0, 0.05) is 0 Å². The van der Waals surface area contributed by atoms with Crippen LogP contribution in [0.3, 0.4) is 0 Å². The zero-order valence-electron chi connectivity index (χ0n) is 11.0. The molecule has 2 aromatic rings. The molecule has 0 aliphatic rings. The first-order chi connectivity index (χ1) is 9.60. The van der Waals surface area contributed by atoms with E-state index in [0.29, 0.717) is 25.6 Å². The molecule has 0 aliphatic heterocycles. The summed E-state index contributed by atoms with van der Waals surface area (Å²) in [6.07, 6.45) is 6.01. The number of anilines is 1. The van der Waals surface area contributed by atoms with E-state index < -0.39 is 0 Å². The van der Waals surface area contributed by atoms with E-state index in [4.69, 9.17) is 10.9 Å². The quantitative estimate of drug-likeness (QED) is 0.818. The molecule has 0 unspecified atom stereocenters. The number of carbonyl (C=O) groups is 1. The van der Waals surface area contributed by atoms with Gasteiger partial charge in [0.05, 0.1) is 0 Å². The molecule has 0 aromatic carbocycles. The molecule has 0 radical (unpaired) electrons. The molecule has 2 aromatic heterocycles. The van der Waals surface area contributed by atoms with E-state index >= 15 is 0 Å². The number of nitrogens with one attached hydrogen (secondary N) is 2. The Morgan fingerprint density at radius 1 is 1.55 bits per heavy atom. The maximum atomic E-state index is 11.9. The molecule has 0 saturated heterocycles. The molecular weight excluding hydrogens is 281 g/mol. The fraction of sp³-hybridized carbons (Fsp3) is 0.364. The number of amides is 1. The van der Waals surface area contributed by atoms with Gasteiger partial charge in [-0.15, -0.1) is 0 Å². The van der Waals surface area contributed by atoms with E-state index in [2.05, 4.69) is 20.3 Å². The molecule has 104 valence electrons. The molecule has 2 rings (SSSR count). The Balaban J connectivity index is 2.68. The molecule has 9 heteroatoms. The van der Waals surface area contributed by atoms with Crippen LogP contribution in [0.2, 0.25) is 0 Å². The first-order valence-corrected chi connectivity index (χ1v) is 6.96. The van der Waals surface area contributed by atoms with Crippen LogP contribution in [0, 0.1) is 6.13 Å². The minimum atomic E-state index is -0.368. The topological polar surface area (TPSA) is 102 Å². The number of ether oxygens (including phenoxy) is 1. The molecule has 0 atom stereocenters. The van der Waals surface area contributed by atoms with Crippen LogP contribution in [0.4, 0.5) is 5.82 Å². The van der Waals surface area contributed by atoms with E-state index in [1.165, 1.54) is 11.7 Å². The minimum absolute atomic E-state index is 0.0605. The van der Waals surface area contributed by atoms with Crippen LogP contribution >= 0.6 is 8.04 Å². The van der Waals surface area contributed by atoms with Crippen molar-refractivity contribution < 1.29 is 9.53 Å². The van der Waals surface area contributed by atoms with Crippen LogP contribution in [0.25, 0.3) is 11.2 Å². The Kier molecular flexibility index (Phi) is 4.17. The first kappa shape index (κ1) is 14.2. The molecule has 20 heavy (non-hydrogen) atoms. The summed E-state index contributed by atoms with van der Waals surface area (Å²) in [4.78, 5) is 34.1. The average Bonchev–Trinajstić information content (AvgIpc) is 2.76. The third-order valence-electron chi connectivity index (χ3n) is 2.59. The summed E-state index contributed by atoms with van der Waals surface area (Å²) in [6.45, 7) is 1.71. The molecule has 0 saturated carbocycles. The summed E-state index contributed by atoms with van der Waals surface area (Å²) in [6, 6.07) is 0.0605. The third kappa shape index (κ3) is 2.57. The summed E-state index contributed by atoms with van der Waals surface area (Å²) in [5.41, 5.74) is 0.319. The summed E-state index contributed by atoms with van der Waals surface area (Å²) < 4.78 is 6.35. The number of aromatic nitrogens is 4. The van der Waals surface area contributed by atoms with Gasteiger partial charge in [0.15, 0.2) is 0 Å². The zero-order valence-corrected chi connectivity index (χ0v) is 11.9. The van der Waals surface area contributed by atoms with Gasteiger partial charge in [-0.2, -0.15) is 0 Å². The van der Waals surface area contributed by atoms with E-state index in [-0.39, 0.29) is 29.7 Å². The summed E-state index contributed by atoms with van der Waals surface area (Å²) in [5.74, 6) is -0.0131. The average molecular weight is 294 g/mol. The van der Waals surface area contributed by atoms with Crippen LogP contribution in [0.15, 0.2) is 4.79 Å². The predicted molar refractivity (Wildman–Crippen MR) is 75.5 cm³/mol. The molecule has 0 bridgehead atoms. The second-order valence-corrected chi connectivity index (χ2v) is 4.49. The van der Waals surface area contributed by atoms with E-state index in [0.717, 1.165) is 0 Å². The van der Waals surface area contributed by atoms with Gasteiger partial charge in [0.25, 0.3) is 0 Å². The first-order valence-electron chi connectivity index (χ1n) is 5.81. The number of hydrogen-bond acceptors (Lipinski definition) is 5. The van der Waals surface area contributed by atoms with Crippen LogP contribution in [-0.4, -0.2) is 32.5 Å². The van der Waals surface area contributed by atoms with Crippen LogP contribution in [0.1, 0.15) is 13.3 Å². The Labute approximate surface area is 115 Å². The van der Waals surface area contributed by atoms with Crippen molar-refractivity contribution in [3.05, 3.63) is 10.5 Å². The van der Waals surface area contributed by atoms with Crippen molar-refractivity contribution >= 4 is 30.9 Å². The van der Waals surface area contributed by atoms with Gasteiger partial charge in [0.2, 0.25) is 0 Å². The maximum absolute atomic E-state index is 11.9. The zero-order chi connectivity index (χ0) is 14.7. The number of hydrogen-bond donors (Lipinski definition) is 2. The normalized spacial score (nSPS) is 10.4. The van der Waals surface area contributed by atoms with Crippen molar-refractivity contribution in [3.63, 3.8) is 0 Å². The summed E-state index contributed by atoms with van der Waals surface area (Å²) >= 11 is 0. The second kappa shape index (κ2) is 5.86. The van der Waals surface area contributed by atoms with E-state index in [1.54, 1.807) is 6.92 Å². The predicted octanol–water partition coefficient (Wildman–Crippen LogP) is 0.969. The van der Waals surface area contributed by atoms with Gasteiger partial charge in [-0.25, -0.2) is 0 Å². The molecular formula is C11H13N5O3P+. The Morgan fingerprint density at radius 3 is 2.90 bits per heavy atom. The third-order valence-corrected chi connectivity index (χ3v) is 3.03. The number of H-pyrrole nitrogens is 1. The number of carbonyl (C=O) groups excluding carboxylic acids is 1. The van der Waals surface area contributed by atoms with Crippen molar-refractivity contribution in [1.29, 1.82) is 0 Å². The Morgan fingerprint density at radius 2 is 2.30 bits per heavy atom. The number of rotatable bonds is 4. The number of fused-ring (bicyclic) bond motifs is 1. The number of aromatic amines is 1. The van der Waals surface area contributed by atoms with Crippen LogP contribution < -0.4 is 15.7 Å². The molecule has 8 nitrogen and oxygen atoms in total. The number of imidazole rings is 1. The van der Waals surface area contributed by atoms with E-state index in [1.807, 2.05) is 0 Å². The van der Waals surface area contributed by atoms with Crippen molar-refractivity contribution in [2.24, 2.45) is 0 Å². The standard InChI is InChI=1S/C11H12N5O3P/c1-4-6(17)12-8-7-9(15-10(14-8)19-2)16(5-20-3)11(18)13-7/h3H,4-5H2,1-2H3,(H-,12,13,14,15,17,18)/p+1. The Bertz CT molecular complexity index is 758. The number of methoxy groups -OCH3 is 1. The van der Waals surface area contributed by atoms with Gasteiger partial charge in [-0.3, -0.25) is 0 Å². The van der Waals surface area contributed by atoms with Gasteiger partial charge in [-0.1, -0.05) is 0 Å². The van der Waals surface area contributed by atoms with Crippen molar-refractivity contribution in [1.82, 2.24) is 19.5 Å². The van der Waals surface area contributed by atoms with Gasteiger partial charge >= 0.3 is 115 Å². The van der Waals surface area contributed by atoms with Crippen LogP contribution in [0.5, 0.6) is 6.01 Å². The molecule has 0 fully saturated rings. The molecule has 0 aliphatic carbocycles. The van der Waals surface area contributed by atoms with Gasteiger partial charge in [0.1, 0.15) is 0 Å². The molecule has 0 spiro atoms. The summed E-state index contributed by atoms with van der Waals surface area (Å²) in [7, 11) is 1.92. The summed E-state index contributed by atoms with van der Waals surface area (Å²) in [5, 5.41) is 2.60. The number of nitrogens with zero attached hydrogens (tertiary/aromatic N) is 3. The second-order valence-electron chi connectivity index (χ2n) is 3.84. The molecule has 2 heterocycles. The fourth-order valence-electron chi connectivity index (χ4n) is 1.62. The molecule has 2 N–H and O–H groups in total. The van der Waals surface area contributed by atoms with Gasteiger partial charge < -0.3 is 0 Å². The fourth-order valence-corrected chi connectivity index (χ4v) is 2.05. The van der Waals surface area contributed by atoms with Crippen molar-refractivity contribution in [2.75, 3.05) is 12.4 Å².